The summed E-state index contributed by atoms with van der Waals surface area (Å²) in [7, 11) is 0. The molecule has 0 bridgehead atoms. The third-order valence-electron chi connectivity index (χ3n) is 3.83. The highest BCUT2D eigenvalue weighted by atomic mass is 16.4. The first-order valence-corrected chi connectivity index (χ1v) is 6.74. The first-order valence-electron chi connectivity index (χ1n) is 6.74. The highest BCUT2D eigenvalue weighted by molar-refractivity contribution is 5.82. The SMILES string of the molecule is CC[C@@H](C)[C@@H](NC(=O)N1CCC(C)CC1)C(=O)O. The van der Waals surface area contributed by atoms with E-state index in [1.807, 2.05) is 13.8 Å². The van der Waals surface area contributed by atoms with Crippen molar-refractivity contribution in [3.05, 3.63) is 0 Å². The van der Waals surface area contributed by atoms with Crippen LogP contribution in [0, 0.1) is 11.8 Å². The molecule has 1 aliphatic rings. The van der Waals surface area contributed by atoms with Crippen molar-refractivity contribution in [3.8, 4) is 0 Å². The number of hydrogen-bond acceptors (Lipinski definition) is 2. The van der Waals surface area contributed by atoms with Gasteiger partial charge in [-0.05, 0) is 24.7 Å². The van der Waals surface area contributed by atoms with E-state index in [9.17, 15) is 9.59 Å². The molecule has 1 aliphatic heterocycles. The molecule has 0 radical (unpaired) electrons. The van der Waals surface area contributed by atoms with E-state index in [4.69, 9.17) is 5.11 Å². The number of carboxylic acid groups (broad SMARTS) is 1. The zero-order valence-electron chi connectivity index (χ0n) is 11.5. The molecular formula is C13H24N2O3. The molecule has 2 N–H and O–H groups in total. The second kappa shape index (κ2) is 6.61. The molecule has 104 valence electrons. The number of rotatable bonds is 4. The van der Waals surface area contributed by atoms with E-state index in [0.717, 1.165) is 32.4 Å². The highest BCUT2D eigenvalue weighted by Crippen LogP contribution is 2.16. The molecule has 2 atom stereocenters. The lowest BCUT2D eigenvalue weighted by molar-refractivity contribution is -0.140. The Labute approximate surface area is 109 Å². The normalized spacial score (nSPS) is 20.3. The Balaban J connectivity index is 2.53. The summed E-state index contributed by atoms with van der Waals surface area (Å²) in [5.74, 6) is -0.364. The van der Waals surface area contributed by atoms with Crippen molar-refractivity contribution >= 4 is 12.0 Å². The van der Waals surface area contributed by atoms with Crippen LogP contribution in [0.1, 0.15) is 40.0 Å². The van der Waals surface area contributed by atoms with Crippen molar-refractivity contribution in [2.45, 2.75) is 46.1 Å². The van der Waals surface area contributed by atoms with Crippen molar-refractivity contribution in [2.75, 3.05) is 13.1 Å². The fourth-order valence-corrected chi connectivity index (χ4v) is 2.12. The molecule has 1 heterocycles. The standard InChI is InChI=1S/C13H24N2O3/c1-4-10(3)11(12(16)17)14-13(18)15-7-5-9(2)6-8-15/h9-11H,4-8H2,1-3H3,(H,14,18)(H,16,17)/t10-,11-/m1/s1. The number of nitrogens with one attached hydrogen (secondary N) is 1. The predicted molar refractivity (Wildman–Crippen MR) is 69.4 cm³/mol. The van der Waals surface area contributed by atoms with Crippen LogP contribution in [-0.2, 0) is 4.79 Å². The second-order valence-corrected chi connectivity index (χ2v) is 5.32. The van der Waals surface area contributed by atoms with E-state index >= 15 is 0 Å². The van der Waals surface area contributed by atoms with Crippen molar-refractivity contribution in [2.24, 2.45) is 11.8 Å². The van der Waals surface area contributed by atoms with Gasteiger partial charge >= 0.3 is 12.0 Å². The predicted octanol–water partition coefficient (Wildman–Crippen LogP) is 1.93. The van der Waals surface area contributed by atoms with Crippen LogP contribution in [0.15, 0.2) is 0 Å². The number of amides is 2. The van der Waals surface area contributed by atoms with E-state index in [1.165, 1.54) is 0 Å². The van der Waals surface area contributed by atoms with Crippen LogP contribution in [0.25, 0.3) is 0 Å². The van der Waals surface area contributed by atoms with E-state index in [2.05, 4.69) is 12.2 Å². The summed E-state index contributed by atoms with van der Waals surface area (Å²) in [4.78, 5) is 24.8. The number of carbonyl (C=O) groups excluding carboxylic acids is 1. The number of aliphatic carboxylic acids is 1. The minimum absolute atomic E-state index is 0.0600. The van der Waals surface area contributed by atoms with Gasteiger partial charge in [0, 0.05) is 13.1 Å². The third-order valence-corrected chi connectivity index (χ3v) is 3.83. The molecule has 0 spiro atoms. The summed E-state index contributed by atoms with van der Waals surface area (Å²) in [5, 5.41) is 11.8. The Bertz CT molecular complexity index is 299. The number of urea groups is 1. The van der Waals surface area contributed by atoms with Crippen molar-refractivity contribution in [1.29, 1.82) is 0 Å². The summed E-state index contributed by atoms with van der Waals surface area (Å²) in [6.07, 6.45) is 2.72. The average molecular weight is 256 g/mol. The summed E-state index contributed by atoms with van der Waals surface area (Å²) in [5.41, 5.74) is 0. The number of nitrogens with zero attached hydrogens (tertiary/aromatic N) is 1. The van der Waals surface area contributed by atoms with E-state index in [0.29, 0.717) is 5.92 Å². The molecule has 0 aromatic heterocycles. The summed E-state index contributed by atoms with van der Waals surface area (Å²) in [6.45, 7) is 7.39. The highest BCUT2D eigenvalue weighted by Gasteiger charge is 2.28. The Morgan fingerprint density at radius 3 is 2.39 bits per heavy atom. The van der Waals surface area contributed by atoms with E-state index < -0.39 is 12.0 Å². The van der Waals surface area contributed by atoms with Gasteiger partial charge in [-0.1, -0.05) is 27.2 Å². The third kappa shape index (κ3) is 3.89. The maximum Gasteiger partial charge on any atom is 0.326 e. The van der Waals surface area contributed by atoms with Gasteiger partial charge in [-0.3, -0.25) is 0 Å². The van der Waals surface area contributed by atoms with Gasteiger partial charge in [0.2, 0.25) is 0 Å². The largest absolute Gasteiger partial charge is 0.480 e. The average Bonchev–Trinajstić information content (AvgIpc) is 2.35. The Kier molecular flexibility index (Phi) is 5.44. The molecule has 1 fully saturated rings. The van der Waals surface area contributed by atoms with Crippen LogP contribution < -0.4 is 5.32 Å². The topological polar surface area (TPSA) is 69.6 Å². The molecule has 5 nitrogen and oxygen atoms in total. The lowest BCUT2D eigenvalue weighted by atomic mass is 9.98. The fourth-order valence-electron chi connectivity index (χ4n) is 2.12. The molecule has 18 heavy (non-hydrogen) atoms. The van der Waals surface area contributed by atoms with Crippen molar-refractivity contribution < 1.29 is 14.7 Å². The molecule has 5 heteroatoms. The molecule has 2 amide bonds. The molecule has 0 saturated carbocycles. The van der Waals surface area contributed by atoms with E-state index in [1.54, 1.807) is 4.90 Å². The van der Waals surface area contributed by atoms with Gasteiger partial charge < -0.3 is 15.3 Å². The zero-order valence-corrected chi connectivity index (χ0v) is 11.5. The van der Waals surface area contributed by atoms with Gasteiger partial charge in [-0.25, -0.2) is 9.59 Å². The minimum Gasteiger partial charge on any atom is -0.480 e. The molecule has 0 aromatic rings. The quantitative estimate of drug-likeness (QED) is 0.807. The van der Waals surface area contributed by atoms with Gasteiger partial charge in [0.05, 0.1) is 0 Å². The lowest BCUT2D eigenvalue weighted by Crippen LogP contribution is -2.52. The smallest absolute Gasteiger partial charge is 0.326 e. The van der Waals surface area contributed by atoms with Crippen LogP contribution in [-0.4, -0.2) is 41.1 Å². The van der Waals surface area contributed by atoms with Crippen molar-refractivity contribution in [3.63, 3.8) is 0 Å². The first-order chi connectivity index (χ1) is 8.45. The van der Waals surface area contributed by atoms with Crippen LogP contribution >= 0.6 is 0 Å². The molecule has 0 aliphatic carbocycles. The van der Waals surface area contributed by atoms with Gasteiger partial charge in [-0.2, -0.15) is 0 Å². The van der Waals surface area contributed by atoms with Gasteiger partial charge in [0.25, 0.3) is 0 Å². The Morgan fingerprint density at radius 2 is 1.94 bits per heavy atom. The number of piperidine rings is 1. The molecule has 1 rings (SSSR count). The number of likely N-dealkylation sites (tertiary alicyclic amines) is 1. The van der Waals surface area contributed by atoms with E-state index in [-0.39, 0.29) is 11.9 Å². The van der Waals surface area contributed by atoms with Crippen LogP contribution in [0.2, 0.25) is 0 Å². The molecule has 1 saturated heterocycles. The number of hydrogen-bond donors (Lipinski definition) is 2. The van der Waals surface area contributed by atoms with Crippen LogP contribution in [0.4, 0.5) is 4.79 Å². The lowest BCUT2D eigenvalue weighted by Gasteiger charge is -2.32. The summed E-state index contributed by atoms with van der Waals surface area (Å²) < 4.78 is 0. The maximum atomic E-state index is 12.0. The molecule has 0 aromatic carbocycles. The summed E-state index contributed by atoms with van der Waals surface area (Å²) in [6, 6.07) is -1.03. The Morgan fingerprint density at radius 1 is 1.39 bits per heavy atom. The minimum atomic E-state index is -0.955. The maximum absolute atomic E-state index is 12.0. The summed E-state index contributed by atoms with van der Waals surface area (Å²) >= 11 is 0. The number of carboxylic acids is 1. The van der Waals surface area contributed by atoms with Crippen molar-refractivity contribution in [1.82, 2.24) is 10.2 Å². The van der Waals surface area contributed by atoms with Crippen LogP contribution in [0.3, 0.4) is 0 Å². The van der Waals surface area contributed by atoms with Gasteiger partial charge in [0.1, 0.15) is 6.04 Å². The zero-order chi connectivity index (χ0) is 13.7. The monoisotopic (exact) mass is 256 g/mol. The first kappa shape index (κ1) is 14.8. The Hall–Kier alpha value is -1.26. The molecule has 0 unspecified atom stereocenters. The second-order valence-electron chi connectivity index (χ2n) is 5.32. The van der Waals surface area contributed by atoms with Gasteiger partial charge in [0.15, 0.2) is 0 Å². The van der Waals surface area contributed by atoms with Crippen LogP contribution in [0.5, 0.6) is 0 Å². The molecular weight excluding hydrogens is 232 g/mol. The number of carbonyl (C=O) groups is 2. The fraction of sp³-hybridized carbons (Fsp3) is 0.846. The van der Waals surface area contributed by atoms with Gasteiger partial charge in [-0.15, -0.1) is 0 Å².